The van der Waals surface area contributed by atoms with E-state index in [0.29, 0.717) is 12.2 Å². The van der Waals surface area contributed by atoms with Crippen LogP contribution in [0.5, 0.6) is 5.75 Å². The van der Waals surface area contributed by atoms with Crippen molar-refractivity contribution in [1.82, 2.24) is 0 Å². The Labute approximate surface area is 96.8 Å². The minimum Gasteiger partial charge on any atom is -0.475 e. The molecule has 1 aromatic rings. The average Bonchev–Trinajstić information content (AvgIpc) is 2.27. The van der Waals surface area contributed by atoms with E-state index in [1.54, 1.807) is 0 Å². The van der Waals surface area contributed by atoms with Crippen LogP contribution in [0.15, 0.2) is 18.2 Å². The van der Waals surface area contributed by atoms with Gasteiger partial charge in [0, 0.05) is 11.6 Å². The van der Waals surface area contributed by atoms with E-state index in [1.807, 2.05) is 39.0 Å². The van der Waals surface area contributed by atoms with Crippen LogP contribution in [-0.4, -0.2) is 6.10 Å². The minimum atomic E-state index is -0.403. The summed E-state index contributed by atoms with van der Waals surface area (Å²) in [6.07, 6.45) is 0.267. The first kappa shape index (κ1) is 12.5. The summed E-state index contributed by atoms with van der Waals surface area (Å²) < 4.78 is 5.62. The van der Waals surface area contributed by atoms with E-state index in [1.165, 1.54) is 0 Å². The van der Waals surface area contributed by atoms with Crippen LogP contribution in [-0.2, 0) is 0 Å². The molecule has 1 unspecified atom stereocenters. The number of benzene rings is 1. The van der Waals surface area contributed by atoms with E-state index in [0.717, 1.165) is 11.1 Å². The lowest BCUT2D eigenvalue weighted by Gasteiger charge is -2.17. The van der Waals surface area contributed by atoms with Crippen molar-refractivity contribution < 1.29 is 4.74 Å². The number of hydrogen-bond donors (Lipinski definition) is 1. The summed E-state index contributed by atoms with van der Waals surface area (Å²) in [6.45, 7) is 5.85. The van der Waals surface area contributed by atoms with Gasteiger partial charge in [0.1, 0.15) is 11.8 Å². The molecule has 2 atom stereocenters. The van der Waals surface area contributed by atoms with Crippen LogP contribution in [0.25, 0.3) is 0 Å². The Morgan fingerprint density at radius 1 is 1.50 bits per heavy atom. The van der Waals surface area contributed by atoms with Crippen molar-refractivity contribution in [3.63, 3.8) is 0 Å². The Morgan fingerprint density at radius 2 is 2.19 bits per heavy atom. The van der Waals surface area contributed by atoms with Gasteiger partial charge in [-0.3, -0.25) is 0 Å². The van der Waals surface area contributed by atoms with Crippen molar-refractivity contribution in [2.75, 3.05) is 0 Å². The molecule has 0 aliphatic rings. The van der Waals surface area contributed by atoms with Crippen molar-refractivity contribution >= 4 is 0 Å². The molecule has 0 amide bonds. The third kappa shape index (κ3) is 2.98. The summed E-state index contributed by atoms with van der Waals surface area (Å²) in [5.41, 5.74) is 7.97. The normalized spacial score (nSPS) is 13.9. The Bertz CT molecular complexity index is 393. The second kappa shape index (κ2) is 5.53. The van der Waals surface area contributed by atoms with E-state index >= 15 is 0 Å². The highest BCUT2D eigenvalue weighted by atomic mass is 16.5. The molecule has 0 saturated heterocycles. The number of aryl methyl sites for hydroxylation is 1. The molecule has 0 saturated carbocycles. The number of nitrogens with zero attached hydrogens (tertiary/aromatic N) is 1. The number of nitriles is 1. The number of nitrogens with two attached hydrogens (primary N) is 1. The molecule has 0 heterocycles. The highest BCUT2D eigenvalue weighted by Crippen LogP contribution is 2.26. The van der Waals surface area contributed by atoms with Gasteiger partial charge in [-0.1, -0.05) is 24.6 Å². The fraction of sp³-hybridized carbons (Fsp3) is 0.462. The van der Waals surface area contributed by atoms with E-state index in [2.05, 4.69) is 6.07 Å². The highest BCUT2D eigenvalue weighted by molar-refractivity contribution is 5.39. The van der Waals surface area contributed by atoms with Crippen LogP contribution in [0.3, 0.4) is 0 Å². The lowest BCUT2D eigenvalue weighted by Crippen LogP contribution is -2.15. The predicted molar refractivity (Wildman–Crippen MR) is 64.1 cm³/mol. The molecule has 3 nitrogen and oxygen atoms in total. The minimum absolute atomic E-state index is 0.0916. The Balaban J connectivity index is 3.00. The van der Waals surface area contributed by atoms with Gasteiger partial charge in [0.2, 0.25) is 0 Å². The Hall–Kier alpha value is -1.53. The molecule has 3 heteroatoms. The lowest BCUT2D eigenvalue weighted by molar-refractivity contribution is 0.248. The van der Waals surface area contributed by atoms with E-state index in [-0.39, 0.29) is 6.04 Å². The molecule has 86 valence electrons. The molecule has 0 bridgehead atoms. The SMILES string of the molecule is CCC(C#N)Oc1ccc(C)cc1[C@@H](C)N. The molecule has 2 N–H and O–H groups in total. The van der Waals surface area contributed by atoms with Crippen LogP contribution in [0, 0.1) is 18.3 Å². The standard InChI is InChI=1S/C13H18N2O/c1-4-11(8-14)16-13-6-5-9(2)7-12(13)10(3)15/h5-7,10-11H,4,15H2,1-3H3/t10-,11?/m1/s1. The van der Waals surface area contributed by atoms with Crippen LogP contribution in [0.2, 0.25) is 0 Å². The molecule has 0 aliphatic carbocycles. The summed E-state index contributed by atoms with van der Waals surface area (Å²) in [5, 5.41) is 8.87. The maximum atomic E-state index is 8.87. The molecule has 0 aromatic heterocycles. The molecule has 16 heavy (non-hydrogen) atoms. The third-order valence-electron chi connectivity index (χ3n) is 2.44. The smallest absolute Gasteiger partial charge is 0.184 e. The van der Waals surface area contributed by atoms with Crippen LogP contribution in [0.1, 0.15) is 37.4 Å². The van der Waals surface area contributed by atoms with Gasteiger partial charge in [-0.2, -0.15) is 5.26 Å². The van der Waals surface area contributed by atoms with Gasteiger partial charge < -0.3 is 10.5 Å². The first-order valence-electron chi connectivity index (χ1n) is 5.50. The number of rotatable bonds is 4. The summed E-state index contributed by atoms with van der Waals surface area (Å²) in [5.74, 6) is 0.717. The molecule has 0 aliphatic heterocycles. The molecule has 0 spiro atoms. The fourth-order valence-electron chi connectivity index (χ4n) is 1.49. The van der Waals surface area contributed by atoms with Crippen molar-refractivity contribution in [3.05, 3.63) is 29.3 Å². The first-order valence-corrected chi connectivity index (χ1v) is 5.50. The number of hydrogen-bond acceptors (Lipinski definition) is 3. The van der Waals surface area contributed by atoms with Crippen molar-refractivity contribution in [1.29, 1.82) is 5.26 Å². The largest absolute Gasteiger partial charge is 0.475 e. The predicted octanol–water partition coefficient (Wildman–Crippen LogP) is 2.70. The Kier molecular flexibility index (Phi) is 4.33. The number of ether oxygens (including phenoxy) is 1. The van der Waals surface area contributed by atoms with Crippen molar-refractivity contribution in [3.8, 4) is 11.8 Å². The summed E-state index contributed by atoms with van der Waals surface area (Å²) in [6, 6.07) is 7.88. The van der Waals surface area contributed by atoms with Gasteiger partial charge in [0.05, 0.1) is 0 Å². The second-order valence-corrected chi connectivity index (χ2v) is 3.97. The van der Waals surface area contributed by atoms with Gasteiger partial charge in [-0.05, 0) is 26.3 Å². The molecule has 0 radical (unpaired) electrons. The molecular weight excluding hydrogens is 200 g/mol. The summed E-state index contributed by atoms with van der Waals surface area (Å²) >= 11 is 0. The second-order valence-electron chi connectivity index (χ2n) is 3.97. The monoisotopic (exact) mass is 218 g/mol. The van der Waals surface area contributed by atoms with Crippen molar-refractivity contribution in [2.45, 2.75) is 39.3 Å². The van der Waals surface area contributed by atoms with Gasteiger partial charge in [-0.15, -0.1) is 0 Å². The molecular formula is C13H18N2O. The summed E-state index contributed by atoms with van der Waals surface area (Å²) in [4.78, 5) is 0. The third-order valence-corrected chi connectivity index (χ3v) is 2.44. The first-order chi connectivity index (χ1) is 7.58. The van der Waals surface area contributed by atoms with Crippen LogP contribution >= 0.6 is 0 Å². The van der Waals surface area contributed by atoms with E-state index in [9.17, 15) is 0 Å². The maximum Gasteiger partial charge on any atom is 0.184 e. The van der Waals surface area contributed by atoms with Crippen molar-refractivity contribution in [2.24, 2.45) is 5.73 Å². The topological polar surface area (TPSA) is 59.0 Å². The van der Waals surface area contributed by atoms with Gasteiger partial charge in [-0.25, -0.2) is 0 Å². The van der Waals surface area contributed by atoms with Gasteiger partial charge >= 0.3 is 0 Å². The van der Waals surface area contributed by atoms with Crippen LogP contribution < -0.4 is 10.5 Å². The van der Waals surface area contributed by atoms with Crippen LogP contribution in [0.4, 0.5) is 0 Å². The lowest BCUT2D eigenvalue weighted by atomic mass is 10.0. The molecule has 1 aromatic carbocycles. The van der Waals surface area contributed by atoms with Gasteiger partial charge in [0.15, 0.2) is 6.10 Å². The molecule has 1 rings (SSSR count). The zero-order valence-electron chi connectivity index (χ0n) is 10.0. The maximum absolute atomic E-state index is 8.87. The highest BCUT2D eigenvalue weighted by Gasteiger charge is 2.12. The van der Waals surface area contributed by atoms with Gasteiger partial charge in [0.25, 0.3) is 0 Å². The quantitative estimate of drug-likeness (QED) is 0.845. The average molecular weight is 218 g/mol. The zero-order valence-corrected chi connectivity index (χ0v) is 10.0. The fourth-order valence-corrected chi connectivity index (χ4v) is 1.49. The zero-order chi connectivity index (χ0) is 12.1. The van der Waals surface area contributed by atoms with E-state index in [4.69, 9.17) is 15.7 Å². The molecule has 0 fully saturated rings. The van der Waals surface area contributed by atoms with E-state index < -0.39 is 6.10 Å². The Morgan fingerprint density at radius 3 is 2.69 bits per heavy atom. The summed E-state index contributed by atoms with van der Waals surface area (Å²) in [7, 11) is 0.